The summed E-state index contributed by atoms with van der Waals surface area (Å²) in [5.41, 5.74) is 4.28. The number of likely N-dealkylation sites (N-methyl/N-ethyl adjacent to an activating group) is 1. The van der Waals surface area contributed by atoms with Crippen molar-refractivity contribution in [2.75, 3.05) is 49.6 Å². The molecule has 4 heterocycles. The molecule has 156 valence electrons. The molecule has 0 spiro atoms. The zero-order valence-corrected chi connectivity index (χ0v) is 17.7. The Kier molecular flexibility index (Phi) is 4.43. The third-order valence-corrected chi connectivity index (χ3v) is 5.93. The molecule has 5 rings (SSSR count). The third kappa shape index (κ3) is 3.39. The van der Waals surface area contributed by atoms with Crippen LogP contribution < -0.4 is 25.4 Å². The number of rotatable bonds is 2. The Balaban J connectivity index is 1.52. The molecule has 2 aliphatic rings. The van der Waals surface area contributed by atoms with E-state index in [1.165, 1.54) is 0 Å². The highest BCUT2D eigenvalue weighted by atomic mass is 16.5. The van der Waals surface area contributed by atoms with E-state index in [2.05, 4.69) is 35.0 Å². The van der Waals surface area contributed by atoms with E-state index in [-0.39, 0.29) is 11.1 Å². The monoisotopic (exact) mass is 405 g/mol. The summed E-state index contributed by atoms with van der Waals surface area (Å²) in [5.74, 6) is 0.869. The van der Waals surface area contributed by atoms with Crippen LogP contribution in [0.1, 0.15) is 13.8 Å². The summed E-state index contributed by atoms with van der Waals surface area (Å²) in [6.07, 6.45) is 1.91. The number of nitrogens with zero attached hydrogens (tertiary/aromatic N) is 4. The van der Waals surface area contributed by atoms with Crippen molar-refractivity contribution in [3.05, 3.63) is 52.9 Å². The first-order chi connectivity index (χ1) is 14.4. The Labute approximate surface area is 175 Å². The van der Waals surface area contributed by atoms with Gasteiger partial charge >= 0.3 is 0 Å². The van der Waals surface area contributed by atoms with Crippen LogP contribution in [-0.2, 0) is 0 Å². The molecule has 3 aromatic rings. The summed E-state index contributed by atoms with van der Waals surface area (Å²) in [5, 5.41) is 3.52. The molecule has 0 bridgehead atoms. The van der Waals surface area contributed by atoms with Crippen LogP contribution in [0.25, 0.3) is 16.9 Å². The number of hydrogen-bond acceptors (Lipinski definition) is 6. The number of nitrogens with one attached hydrogen (secondary N) is 1. The minimum Gasteiger partial charge on any atom is -0.490 e. The SMILES string of the molecule is CN1CCOc2ccc(-c3cc(=O)n4cc(N5CCNC(C)(C)C5)ccc4n3)cc21. The van der Waals surface area contributed by atoms with Crippen LogP contribution in [0.15, 0.2) is 47.4 Å². The summed E-state index contributed by atoms with van der Waals surface area (Å²) < 4.78 is 7.37. The first-order valence-corrected chi connectivity index (χ1v) is 10.4. The van der Waals surface area contributed by atoms with Crippen LogP contribution in [0.2, 0.25) is 0 Å². The topological polar surface area (TPSA) is 62.1 Å². The fourth-order valence-corrected chi connectivity index (χ4v) is 4.30. The molecule has 1 fully saturated rings. The van der Waals surface area contributed by atoms with Gasteiger partial charge in [-0.05, 0) is 44.2 Å². The number of pyridine rings is 1. The first kappa shape index (κ1) is 18.9. The highest BCUT2D eigenvalue weighted by Crippen LogP contribution is 2.34. The Bertz CT molecular complexity index is 1170. The number of hydrogen-bond donors (Lipinski definition) is 1. The van der Waals surface area contributed by atoms with Crippen molar-refractivity contribution in [3.63, 3.8) is 0 Å². The van der Waals surface area contributed by atoms with E-state index in [9.17, 15) is 4.79 Å². The van der Waals surface area contributed by atoms with Gasteiger partial charge in [0.2, 0.25) is 0 Å². The van der Waals surface area contributed by atoms with Crippen LogP contribution >= 0.6 is 0 Å². The maximum Gasteiger partial charge on any atom is 0.258 e. The molecule has 30 heavy (non-hydrogen) atoms. The van der Waals surface area contributed by atoms with E-state index in [4.69, 9.17) is 9.72 Å². The van der Waals surface area contributed by atoms with E-state index in [1.807, 2.05) is 37.5 Å². The highest BCUT2D eigenvalue weighted by Gasteiger charge is 2.26. The second-order valence-electron chi connectivity index (χ2n) is 8.78. The number of anilines is 2. The van der Waals surface area contributed by atoms with Crippen molar-refractivity contribution in [1.82, 2.24) is 14.7 Å². The summed E-state index contributed by atoms with van der Waals surface area (Å²) in [7, 11) is 2.05. The zero-order valence-electron chi connectivity index (χ0n) is 17.7. The first-order valence-electron chi connectivity index (χ1n) is 10.4. The third-order valence-electron chi connectivity index (χ3n) is 5.93. The van der Waals surface area contributed by atoms with Gasteiger partial charge in [-0.1, -0.05) is 0 Å². The minimum absolute atomic E-state index is 0.0452. The predicted octanol–water partition coefficient (Wildman–Crippen LogP) is 2.38. The predicted molar refractivity (Wildman–Crippen MR) is 120 cm³/mol. The van der Waals surface area contributed by atoms with E-state index < -0.39 is 0 Å². The zero-order chi connectivity index (χ0) is 20.9. The van der Waals surface area contributed by atoms with Crippen molar-refractivity contribution in [3.8, 4) is 17.0 Å². The lowest BCUT2D eigenvalue weighted by Gasteiger charge is -2.40. The molecule has 2 aromatic heterocycles. The van der Waals surface area contributed by atoms with Gasteiger partial charge in [0.05, 0.1) is 23.6 Å². The smallest absolute Gasteiger partial charge is 0.258 e. The molecule has 0 radical (unpaired) electrons. The van der Waals surface area contributed by atoms with E-state index >= 15 is 0 Å². The van der Waals surface area contributed by atoms with E-state index in [0.29, 0.717) is 17.9 Å². The van der Waals surface area contributed by atoms with E-state index in [1.54, 1.807) is 10.5 Å². The summed E-state index contributed by atoms with van der Waals surface area (Å²) in [6, 6.07) is 11.6. The number of fused-ring (bicyclic) bond motifs is 2. The largest absolute Gasteiger partial charge is 0.490 e. The summed E-state index contributed by atoms with van der Waals surface area (Å²) in [4.78, 5) is 22.2. The molecule has 7 heteroatoms. The molecule has 1 aromatic carbocycles. The second kappa shape index (κ2) is 7.02. The molecule has 0 saturated carbocycles. The Hall–Kier alpha value is -3.06. The number of aromatic nitrogens is 2. The average molecular weight is 406 g/mol. The lowest BCUT2D eigenvalue weighted by Crippen LogP contribution is -2.57. The Morgan fingerprint density at radius 3 is 2.83 bits per heavy atom. The van der Waals surface area contributed by atoms with Crippen LogP contribution in [0.5, 0.6) is 5.75 Å². The van der Waals surface area contributed by atoms with Gasteiger partial charge in [-0.3, -0.25) is 9.20 Å². The highest BCUT2D eigenvalue weighted by molar-refractivity contribution is 5.72. The van der Waals surface area contributed by atoms with Crippen LogP contribution in [0, 0.1) is 0 Å². The van der Waals surface area contributed by atoms with Gasteiger partial charge in [-0.2, -0.15) is 0 Å². The van der Waals surface area contributed by atoms with Crippen LogP contribution in [0.3, 0.4) is 0 Å². The minimum atomic E-state index is -0.0754. The molecule has 0 unspecified atom stereocenters. The number of benzene rings is 1. The fraction of sp³-hybridized carbons (Fsp3) is 0.391. The molecule has 2 aliphatic heterocycles. The van der Waals surface area contributed by atoms with E-state index in [0.717, 1.165) is 48.9 Å². The molecular weight excluding hydrogens is 378 g/mol. The lowest BCUT2D eigenvalue weighted by molar-refractivity contribution is 0.311. The van der Waals surface area contributed by atoms with Gasteiger partial charge in [0.15, 0.2) is 0 Å². The van der Waals surface area contributed by atoms with Crippen molar-refractivity contribution in [2.45, 2.75) is 19.4 Å². The van der Waals surface area contributed by atoms with Crippen molar-refractivity contribution in [2.24, 2.45) is 0 Å². The quantitative estimate of drug-likeness (QED) is 0.706. The molecule has 1 saturated heterocycles. The maximum atomic E-state index is 12.9. The summed E-state index contributed by atoms with van der Waals surface area (Å²) in [6.45, 7) is 8.65. The van der Waals surface area contributed by atoms with Gasteiger partial charge < -0.3 is 19.9 Å². The molecule has 0 atom stereocenters. The second-order valence-corrected chi connectivity index (χ2v) is 8.78. The van der Waals surface area contributed by atoms with Crippen LogP contribution in [0.4, 0.5) is 11.4 Å². The van der Waals surface area contributed by atoms with Gasteiger partial charge in [-0.15, -0.1) is 0 Å². The molecule has 7 nitrogen and oxygen atoms in total. The average Bonchev–Trinajstić information content (AvgIpc) is 2.73. The Morgan fingerprint density at radius 2 is 2.00 bits per heavy atom. The summed E-state index contributed by atoms with van der Waals surface area (Å²) >= 11 is 0. The van der Waals surface area contributed by atoms with Gasteiger partial charge in [0, 0.05) is 50.0 Å². The fourth-order valence-electron chi connectivity index (χ4n) is 4.30. The number of piperazine rings is 1. The molecule has 0 amide bonds. The standard InChI is InChI=1S/C23H27N5O2/c1-23(2)15-27(9-8-24-23)17-5-7-21-25-18(13-22(29)28(21)14-17)16-4-6-20-19(12-16)26(3)10-11-30-20/h4-7,12-14,24H,8-11,15H2,1-3H3. The van der Waals surface area contributed by atoms with Gasteiger partial charge in [0.25, 0.3) is 5.56 Å². The Morgan fingerprint density at radius 1 is 1.13 bits per heavy atom. The van der Waals surface area contributed by atoms with Crippen LogP contribution in [-0.4, -0.2) is 54.8 Å². The molecule has 1 N–H and O–H groups in total. The molecular formula is C23H27N5O2. The van der Waals surface area contributed by atoms with Crippen molar-refractivity contribution < 1.29 is 4.74 Å². The normalized spacial score (nSPS) is 18.2. The molecule has 0 aliphatic carbocycles. The van der Waals surface area contributed by atoms with Crippen molar-refractivity contribution >= 4 is 17.0 Å². The lowest BCUT2D eigenvalue weighted by atomic mass is 10.0. The van der Waals surface area contributed by atoms with Gasteiger partial charge in [0.1, 0.15) is 18.0 Å². The van der Waals surface area contributed by atoms with Gasteiger partial charge in [-0.25, -0.2) is 4.98 Å². The number of ether oxygens (including phenoxy) is 1. The maximum absolute atomic E-state index is 12.9. The van der Waals surface area contributed by atoms with Crippen molar-refractivity contribution in [1.29, 1.82) is 0 Å².